The molecule has 0 radical (unpaired) electrons. The molecule has 1 aromatic rings. The molecule has 0 heterocycles. The van der Waals surface area contributed by atoms with E-state index in [1.807, 2.05) is 6.92 Å². The third kappa shape index (κ3) is 2.20. The third-order valence-electron chi connectivity index (χ3n) is 2.02. The first kappa shape index (κ1) is 9.99. The van der Waals surface area contributed by atoms with Crippen LogP contribution in [0.3, 0.4) is 0 Å². The van der Waals surface area contributed by atoms with Gasteiger partial charge in [-0.05, 0) is 46.7 Å². The predicted molar refractivity (Wildman–Crippen MR) is 59.4 cm³/mol. The van der Waals surface area contributed by atoms with Crippen molar-refractivity contribution in [2.24, 2.45) is 0 Å². The van der Waals surface area contributed by atoms with Gasteiger partial charge in [0.2, 0.25) is 0 Å². The molecule has 0 aliphatic carbocycles. The Bertz CT molecular complexity index is 271. The molecular weight excluding hydrogens is 263 g/mol. The Morgan fingerprint density at radius 1 is 1.50 bits per heavy atom. The van der Waals surface area contributed by atoms with Gasteiger partial charge < -0.3 is 5.11 Å². The molecule has 1 atom stereocenters. The zero-order valence-electron chi connectivity index (χ0n) is 7.34. The molecule has 1 nitrogen and oxygen atoms in total. The summed E-state index contributed by atoms with van der Waals surface area (Å²) in [6.45, 7) is 4.34. The Labute approximate surface area is 86.9 Å². The van der Waals surface area contributed by atoms with Crippen molar-refractivity contribution in [3.63, 3.8) is 0 Å². The minimum Gasteiger partial charge on any atom is -0.396 e. The maximum absolute atomic E-state index is 8.95. The van der Waals surface area contributed by atoms with E-state index in [1.54, 1.807) is 0 Å². The molecule has 0 saturated carbocycles. The van der Waals surface area contributed by atoms with Gasteiger partial charge in [-0.1, -0.05) is 19.1 Å². The van der Waals surface area contributed by atoms with Crippen molar-refractivity contribution < 1.29 is 5.11 Å². The summed E-state index contributed by atoms with van der Waals surface area (Å²) >= 11 is 2.31. The number of aryl methyl sites for hydroxylation is 1. The highest BCUT2D eigenvalue weighted by molar-refractivity contribution is 14.1. The Morgan fingerprint density at radius 2 is 2.17 bits per heavy atom. The summed E-state index contributed by atoms with van der Waals surface area (Å²) < 4.78 is 1.28. The lowest BCUT2D eigenvalue weighted by Crippen LogP contribution is -1.99. The van der Waals surface area contributed by atoms with E-state index in [1.165, 1.54) is 14.7 Å². The van der Waals surface area contributed by atoms with E-state index in [9.17, 15) is 0 Å². The van der Waals surface area contributed by atoms with Gasteiger partial charge in [-0.3, -0.25) is 0 Å². The van der Waals surface area contributed by atoms with Crippen molar-refractivity contribution in [1.29, 1.82) is 0 Å². The number of rotatable bonds is 2. The van der Waals surface area contributed by atoms with Crippen LogP contribution in [-0.2, 0) is 0 Å². The van der Waals surface area contributed by atoms with E-state index in [2.05, 4.69) is 47.7 Å². The molecule has 12 heavy (non-hydrogen) atoms. The Kier molecular flexibility index (Phi) is 3.53. The van der Waals surface area contributed by atoms with Gasteiger partial charge in [0.05, 0.1) is 0 Å². The maximum Gasteiger partial charge on any atom is 0.0497 e. The molecule has 0 aliphatic rings. The van der Waals surface area contributed by atoms with E-state index >= 15 is 0 Å². The molecule has 0 bridgehead atoms. The van der Waals surface area contributed by atoms with Crippen molar-refractivity contribution in [2.45, 2.75) is 19.8 Å². The molecule has 0 aliphatic heterocycles. The van der Waals surface area contributed by atoms with Crippen LogP contribution < -0.4 is 0 Å². The van der Waals surface area contributed by atoms with E-state index in [-0.39, 0.29) is 12.5 Å². The molecule has 1 rings (SSSR count). The first-order valence-electron chi connectivity index (χ1n) is 4.02. The van der Waals surface area contributed by atoms with Crippen LogP contribution in [0.4, 0.5) is 0 Å². The van der Waals surface area contributed by atoms with E-state index in [0.29, 0.717) is 0 Å². The topological polar surface area (TPSA) is 20.2 Å². The number of aliphatic hydroxyl groups is 1. The molecule has 0 saturated heterocycles. The molecule has 0 fully saturated rings. The summed E-state index contributed by atoms with van der Waals surface area (Å²) in [5.41, 5.74) is 2.50. The number of halogens is 1. The van der Waals surface area contributed by atoms with Crippen LogP contribution in [0.15, 0.2) is 18.2 Å². The first-order chi connectivity index (χ1) is 5.65. The largest absolute Gasteiger partial charge is 0.396 e. The summed E-state index contributed by atoms with van der Waals surface area (Å²) in [5.74, 6) is 0.251. The highest BCUT2D eigenvalue weighted by Gasteiger charge is 2.04. The second kappa shape index (κ2) is 4.23. The van der Waals surface area contributed by atoms with Gasteiger partial charge in [-0.2, -0.15) is 0 Å². The standard InChI is InChI=1S/C10H13IO/c1-7-5-9(8(2)6-12)3-4-10(7)11/h3-5,8,12H,6H2,1-2H3. The average Bonchev–Trinajstić information content (AvgIpc) is 2.08. The molecule has 0 aromatic heterocycles. The van der Waals surface area contributed by atoms with Crippen LogP contribution in [0, 0.1) is 10.5 Å². The van der Waals surface area contributed by atoms with Crippen LogP contribution in [0.1, 0.15) is 24.0 Å². The van der Waals surface area contributed by atoms with Crippen LogP contribution in [0.2, 0.25) is 0 Å². The van der Waals surface area contributed by atoms with Gasteiger partial charge in [-0.25, -0.2) is 0 Å². The highest BCUT2D eigenvalue weighted by Crippen LogP contribution is 2.19. The fourth-order valence-electron chi connectivity index (χ4n) is 1.08. The molecule has 66 valence electrons. The van der Waals surface area contributed by atoms with E-state index < -0.39 is 0 Å². The van der Waals surface area contributed by atoms with Crippen LogP contribution in [0.5, 0.6) is 0 Å². The zero-order valence-corrected chi connectivity index (χ0v) is 9.50. The second-order valence-corrected chi connectivity index (χ2v) is 4.25. The maximum atomic E-state index is 8.95. The van der Waals surface area contributed by atoms with Crippen molar-refractivity contribution in [2.75, 3.05) is 6.61 Å². The summed E-state index contributed by atoms with van der Waals surface area (Å²) in [4.78, 5) is 0. The number of hydrogen-bond acceptors (Lipinski definition) is 1. The lowest BCUT2D eigenvalue weighted by molar-refractivity contribution is 0.273. The fourth-order valence-corrected chi connectivity index (χ4v) is 1.42. The van der Waals surface area contributed by atoms with Crippen molar-refractivity contribution in [3.05, 3.63) is 32.9 Å². The minimum absolute atomic E-state index is 0.222. The third-order valence-corrected chi connectivity index (χ3v) is 3.24. The van der Waals surface area contributed by atoms with Gasteiger partial charge in [0.15, 0.2) is 0 Å². The van der Waals surface area contributed by atoms with Gasteiger partial charge in [0.1, 0.15) is 0 Å². The first-order valence-corrected chi connectivity index (χ1v) is 5.10. The second-order valence-electron chi connectivity index (χ2n) is 3.09. The zero-order chi connectivity index (χ0) is 9.14. The van der Waals surface area contributed by atoms with Gasteiger partial charge in [0.25, 0.3) is 0 Å². The predicted octanol–water partition coefficient (Wildman–Crippen LogP) is 2.70. The smallest absolute Gasteiger partial charge is 0.0497 e. The van der Waals surface area contributed by atoms with Crippen molar-refractivity contribution in [3.8, 4) is 0 Å². The lowest BCUT2D eigenvalue weighted by Gasteiger charge is -2.09. The van der Waals surface area contributed by atoms with Crippen molar-refractivity contribution in [1.82, 2.24) is 0 Å². The molecule has 0 amide bonds. The SMILES string of the molecule is Cc1cc(C(C)CO)ccc1I. The lowest BCUT2D eigenvalue weighted by atomic mass is 10.0. The van der Waals surface area contributed by atoms with Gasteiger partial charge in [-0.15, -0.1) is 0 Å². The molecular formula is C10H13IO. The molecule has 0 spiro atoms. The molecule has 2 heteroatoms. The summed E-state index contributed by atoms with van der Waals surface area (Å²) in [6.07, 6.45) is 0. The Balaban J connectivity index is 2.96. The quantitative estimate of drug-likeness (QED) is 0.823. The number of aliphatic hydroxyl groups excluding tert-OH is 1. The molecule has 1 unspecified atom stereocenters. The number of benzene rings is 1. The number of hydrogen-bond donors (Lipinski definition) is 1. The Morgan fingerprint density at radius 3 is 2.67 bits per heavy atom. The normalized spacial score (nSPS) is 13.0. The van der Waals surface area contributed by atoms with Crippen LogP contribution in [0.25, 0.3) is 0 Å². The van der Waals surface area contributed by atoms with Crippen LogP contribution in [-0.4, -0.2) is 11.7 Å². The van der Waals surface area contributed by atoms with Gasteiger partial charge >= 0.3 is 0 Å². The average molecular weight is 276 g/mol. The van der Waals surface area contributed by atoms with E-state index in [4.69, 9.17) is 5.11 Å². The van der Waals surface area contributed by atoms with E-state index in [0.717, 1.165) is 0 Å². The summed E-state index contributed by atoms with van der Waals surface area (Å²) in [7, 11) is 0. The highest BCUT2D eigenvalue weighted by atomic mass is 127. The van der Waals surface area contributed by atoms with Crippen LogP contribution >= 0.6 is 22.6 Å². The summed E-state index contributed by atoms with van der Waals surface area (Å²) in [5, 5.41) is 8.95. The Hall–Kier alpha value is -0.0900. The minimum atomic E-state index is 0.222. The summed E-state index contributed by atoms with van der Waals surface area (Å²) in [6, 6.07) is 6.32. The monoisotopic (exact) mass is 276 g/mol. The molecule has 1 aromatic carbocycles. The van der Waals surface area contributed by atoms with Gasteiger partial charge in [0, 0.05) is 16.1 Å². The van der Waals surface area contributed by atoms with Crippen molar-refractivity contribution >= 4 is 22.6 Å². The fraction of sp³-hybridized carbons (Fsp3) is 0.400. The molecule has 1 N–H and O–H groups in total.